The number of nitro groups is 1. The van der Waals surface area contributed by atoms with Crippen LogP contribution in [0.1, 0.15) is 11.1 Å². The second kappa shape index (κ2) is 3.86. The molecule has 1 heterocycles. The first kappa shape index (κ1) is 9.92. The van der Waals surface area contributed by atoms with Crippen LogP contribution in [0, 0.1) is 10.1 Å². The molecular formula is C10H12N2O3. The average Bonchev–Trinajstić information content (AvgIpc) is 2.40. The molecule has 80 valence electrons. The van der Waals surface area contributed by atoms with Crippen LogP contribution in [-0.2, 0) is 12.8 Å². The van der Waals surface area contributed by atoms with Gasteiger partial charge in [0.05, 0.1) is 4.92 Å². The van der Waals surface area contributed by atoms with Crippen LogP contribution < -0.4 is 5.32 Å². The van der Waals surface area contributed by atoms with E-state index >= 15 is 0 Å². The zero-order chi connectivity index (χ0) is 10.8. The van der Waals surface area contributed by atoms with Crippen molar-refractivity contribution in [3.05, 3.63) is 33.4 Å². The van der Waals surface area contributed by atoms with E-state index in [1.54, 1.807) is 0 Å². The number of hydrogen-bond donors (Lipinski definition) is 2. The standard InChI is InChI=1S/C10H12N2O3/c13-10-6-8-2-4-11-3-1-7(8)5-9(10)12(14)15/h5-6,11,13H,1-4H2. The molecule has 0 atom stereocenters. The Morgan fingerprint density at radius 1 is 1.27 bits per heavy atom. The van der Waals surface area contributed by atoms with Gasteiger partial charge in [0.2, 0.25) is 0 Å². The molecule has 0 aliphatic carbocycles. The fourth-order valence-electron chi connectivity index (χ4n) is 1.85. The number of rotatable bonds is 1. The van der Waals surface area contributed by atoms with Crippen molar-refractivity contribution in [2.45, 2.75) is 12.8 Å². The number of phenolic OH excluding ortho intramolecular Hbond substituents is 1. The predicted octanol–water partition coefficient (Wildman–Crippen LogP) is 0.989. The van der Waals surface area contributed by atoms with Crippen molar-refractivity contribution in [1.82, 2.24) is 5.32 Å². The third kappa shape index (κ3) is 1.92. The highest BCUT2D eigenvalue weighted by atomic mass is 16.6. The molecule has 0 fully saturated rings. The Labute approximate surface area is 86.9 Å². The molecular weight excluding hydrogens is 196 g/mol. The van der Waals surface area contributed by atoms with E-state index in [4.69, 9.17) is 0 Å². The molecule has 5 heteroatoms. The third-order valence-corrected chi connectivity index (χ3v) is 2.64. The molecule has 1 aromatic rings. The van der Waals surface area contributed by atoms with E-state index in [0.717, 1.165) is 37.1 Å². The highest BCUT2D eigenvalue weighted by Crippen LogP contribution is 2.30. The van der Waals surface area contributed by atoms with Crippen molar-refractivity contribution in [3.63, 3.8) is 0 Å². The first-order valence-corrected chi connectivity index (χ1v) is 4.88. The highest BCUT2D eigenvalue weighted by Gasteiger charge is 2.18. The second-order valence-corrected chi connectivity index (χ2v) is 3.62. The lowest BCUT2D eigenvalue weighted by Crippen LogP contribution is -2.16. The Hall–Kier alpha value is -1.62. The van der Waals surface area contributed by atoms with Crippen LogP contribution >= 0.6 is 0 Å². The van der Waals surface area contributed by atoms with Crippen LogP contribution in [0.4, 0.5) is 5.69 Å². The van der Waals surface area contributed by atoms with Crippen LogP contribution in [0.25, 0.3) is 0 Å². The topological polar surface area (TPSA) is 75.4 Å². The molecule has 1 aromatic carbocycles. The summed E-state index contributed by atoms with van der Waals surface area (Å²) < 4.78 is 0. The van der Waals surface area contributed by atoms with Gasteiger partial charge in [0.15, 0.2) is 5.75 Å². The first-order chi connectivity index (χ1) is 7.18. The van der Waals surface area contributed by atoms with E-state index in [2.05, 4.69) is 5.32 Å². The number of nitrogens with one attached hydrogen (secondary N) is 1. The minimum absolute atomic E-state index is 0.198. The molecule has 0 saturated heterocycles. The second-order valence-electron chi connectivity index (χ2n) is 3.62. The number of fused-ring (bicyclic) bond motifs is 1. The molecule has 0 aromatic heterocycles. The summed E-state index contributed by atoms with van der Waals surface area (Å²) in [6.45, 7) is 1.68. The maximum Gasteiger partial charge on any atom is 0.310 e. The number of nitro benzene ring substituents is 1. The molecule has 0 unspecified atom stereocenters. The zero-order valence-electron chi connectivity index (χ0n) is 8.19. The summed E-state index contributed by atoms with van der Waals surface area (Å²) in [5.41, 5.74) is 1.77. The lowest BCUT2D eigenvalue weighted by molar-refractivity contribution is -0.385. The van der Waals surface area contributed by atoms with E-state index in [1.165, 1.54) is 12.1 Å². The summed E-state index contributed by atoms with van der Waals surface area (Å²) in [4.78, 5) is 10.1. The molecule has 0 radical (unpaired) electrons. The van der Waals surface area contributed by atoms with Crippen molar-refractivity contribution < 1.29 is 10.0 Å². The summed E-state index contributed by atoms with van der Waals surface area (Å²) in [6.07, 6.45) is 1.58. The van der Waals surface area contributed by atoms with Crippen LogP contribution in [0.15, 0.2) is 12.1 Å². The number of hydrogen-bond acceptors (Lipinski definition) is 4. The normalized spacial score (nSPS) is 15.5. The maximum absolute atomic E-state index is 10.6. The SMILES string of the molecule is O=[N+]([O-])c1cc2c(cc1O)CCNCC2. The van der Waals surface area contributed by atoms with E-state index < -0.39 is 4.92 Å². The minimum Gasteiger partial charge on any atom is -0.502 e. The van der Waals surface area contributed by atoms with E-state index in [1.807, 2.05) is 0 Å². The molecule has 0 spiro atoms. The van der Waals surface area contributed by atoms with Crippen molar-refractivity contribution in [3.8, 4) is 5.75 Å². The largest absolute Gasteiger partial charge is 0.502 e. The maximum atomic E-state index is 10.6. The Bertz CT molecular complexity index is 404. The summed E-state index contributed by atoms with van der Waals surface area (Å²) in [5, 5.41) is 23.3. The van der Waals surface area contributed by atoms with Gasteiger partial charge in [0.25, 0.3) is 0 Å². The van der Waals surface area contributed by atoms with Crippen molar-refractivity contribution in [2.75, 3.05) is 13.1 Å². The molecule has 1 aliphatic rings. The highest BCUT2D eigenvalue weighted by molar-refractivity contribution is 5.51. The Morgan fingerprint density at radius 3 is 2.47 bits per heavy atom. The molecule has 15 heavy (non-hydrogen) atoms. The zero-order valence-corrected chi connectivity index (χ0v) is 8.19. The first-order valence-electron chi connectivity index (χ1n) is 4.88. The lowest BCUT2D eigenvalue weighted by Gasteiger charge is -2.05. The molecule has 1 aliphatic heterocycles. The average molecular weight is 208 g/mol. The summed E-state index contributed by atoms with van der Waals surface area (Å²) in [6, 6.07) is 3.00. The summed E-state index contributed by atoms with van der Waals surface area (Å²) >= 11 is 0. The fourth-order valence-corrected chi connectivity index (χ4v) is 1.85. The quantitative estimate of drug-likeness (QED) is 0.533. The van der Waals surface area contributed by atoms with Gasteiger partial charge in [-0.3, -0.25) is 10.1 Å². The monoisotopic (exact) mass is 208 g/mol. The van der Waals surface area contributed by atoms with Gasteiger partial charge < -0.3 is 10.4 Å². The minimum atomic E-state index is -0.548. The van der Waals surface area contributed by atoms with Gasteiger partial charge in [0, 0.05) is 6.07 Å². The van der Waals surface area contributed by atoms with Crippen molar-refractivity contribution in [1.29, 1.82) is 0 Å². The van der Waals surface area contributed by atoms with Crippen LogP contribution in [0.3, 0.4) is 0 Å². The van der Waals surface area contributed by atoms with Crippen molar-refractivity contribution >= 4 is 5.69 Å². The summed E-state index contributed by atoms with van der Waals surface area (Å²) in [5.74, 6) is -0.236. The van der Waals surface area contributed by atoms with Gasteiger partial charge in [-0.25, -0.2) is 0 Å². The summed E-state index contributed by atoms with van der Waals surface area (Å²) in [7, 11) is 0. The third-order valence-electron chi connectivity index (χ3n) is 2.64. The molecule has 2 rings (SSSR count). The number of aromatic hydroxyl groups is 1. The fraction of sp³-hybridized carbons (Fsp3) is 0.400. The van der Waals surface area contributed by atoms with E-state index in [0.29, 0.717) is 0 Å². The molecule has 0 saturated carbocycles. The van der Waals surface area contributed by atoms with E-state index in [-0.39, 0.29) is 11.4 Å². The van der Waals surface area contributed by atoms with Gasteiger partial charge in [-0.15, -0.1) is 0 Å². The van der Waals surface area contributed by atoms with Crippen LogP contribution in [0.5, 0.6) is 5.75 Å². The number of phenols is 1. The van der Waals surface area contributed by atoms with Crippen LogP contribution in [0.2, 0.25) is 0 Å². The Balaban J connectivity index is 2.47. The van der Waals surface area contributed by atoms with Gasteiger partial charge in [-0.1, -0.05) is 0 Å². The van der Waals surface area contributed by atoms with E-state index in [9.17, 15) is 15.2 Å². The Morgan fingerprint density at radius 2 is 1.87 bits per heavy atom. The van der Waals surface area contributed by atoms with Gasteiger partial charge in [0.1, 0.15) is 0 Å². The molecule has 2 N–H and O–H groups in total. The predicted molar refractivity (Wildman–Crippen MR) is 55.0 cm³/mol. The van der Waals surface area contributed by atoms with Gasteiger partial charge in [-0.05, 0) is 43.1 Å². The number of benzene rings is 1. The lowest BCUT2D eigenvalue weighted by atomic mass is 10.0. The van der Waals surface area contributed by atoms with Gasteiger partial charge in [-0.2, -0.15) is 0 Å². The molecule has 0 bridgehead atoms. The molecule has 0 amide bonds. The van der Waals surface area contributed by atoms with Gasteiger partial charge >= 0.3 is 5.69 Å². The van der Waals surface area contributed by atoms with Crippen LogP contribution in [-0.4, -0.2) is 23.1 Å². The smallest absolute Gasteiger partial charge is 0.310 e. The Kier molecular flexibility index (Phi) is 2.55. The molecule has 5 nitrogen and oxygen atoms in total. The number of nitrogens with zero attached hydrogens (tertiary/aromatic N) is 1. The van der Waals surface area contributed by atoms with Crippen molar-refractivity contribution in [2.24, 2.45) is 0 Å².